The number of rotatable bonds is 7. The summed E-state index contributed by atoms with van der Waals surface area (Å²) in [5.74, 6) is -1.17. The van der Waals surface area contributed by atoms with E-state index in [-0.39, 0.29) is 23.5 Å². The fourth-order valence-corrected chi connectivity index (χ4v) is 3.14. The van der Waals surface area contributed by atoms with Gasteiger partial charge in [-0.15, -0.1) is 0 Å². The van der Waals surface area contributed by atoms with Crippen molar-refractivity contribution in [1.82, 2.24) is 9.88 Å². The second-order valence-corrected chi connectivity index (χ2v) is 6.78. The molecule has 1 aromatic heterocycles. The minimum atomic E-state index is -0.510. The fraction of sp³-hybridized carbons (Fsp3) is 0.227. The molecule has 0 aliphatic rings. The lowest BCUT2D eigenvalue weighted by atomic mass is 10.1. The van der Waals surface area contributed by atoms with Crippen molar-refractivity contribution in [1.29, 1.82) is 0 Å². The number of anilines is 2. The minimum Gasteiger partial charge on any atom is -0.325 e. The van der Waals surface area contributed by atoms with Crippen LogP contribution in [0.4, 0.5) is 15.8 Å². The highest BCUT2D eigenvalue weighted by Crippen LogP contribution is 2.20. The zero-order valence-corrected chi connectivity index (χ0v) is 16.8. The van der Waals surface area contributed by atoms with Crippen LogP contribution in [0, 0.1) is 5.82 Å². The summed E-state index contributed by atoms with van der Waals surface area (Å²) in [4.78, 5) is 41.4. The van der Waals surface area contributed by atoms with Crippen molar-refractivity contribution in [3.63, 3.8) is 0 Å². The molecule has 8 heteroatoms. The van der Waals surface area contributed by atoms with Crippen LogP contribution < -0.4 is 16.2 Å². The van der Waals surface area contributed by atoms with E-state index >= 15 is 0 Å². The van der Waals surface area contributed by atoms with Crippen molar-refractivity contribution in [3.8, 4) is 0 Å². The molecular formula is C22H23FN4O3. The standard InChI is InChI=1S/C22H23FN4O3/c1-3-27(4-2)13-21(29)24-15-6-5-7-16(11-15)25-22(30)18-12-20(28)26-19-10-14(23)8-9-17(18)19/h5-12H,3-4,13H2,1-2H3,(H,24,29)(H,25,30)(H,26,28). The maximum absolute atomic E-state index is 13.5. The van der Waals surface area contributed by atoms with Gasteiger partial charge in [-0.3, -0.25) is 19.3 Å². The van der Waals surface area contributed by atoms with Crippen molar-refractivity contribution in [2.45, 2.75) is 13.8 Å². The van der Waals surface area contributed by atoms with Crippen LogP contribution in [-0.4, -0.2) is 41.3 Å². The Balaban J connectivity index is 1.78. The van der Waals surface area contributed by atoms with Crippen molar-refractivity contribution >= 4 is 34.1 Å². The molecule has 0 atom stereocenters. The predicted molar refractivity (Wildman–Crippen MR) is 115 cm³/mol. The van der Waals surface area contributed by atoms with Crippen molar-refractivity contribution in [3.05, 3.63) is 70.3 Å². The predicted octanol–water partition coefficient (Wildman–Crippen LogP) is 3.20. The number of H-pyrrole nitrogens is 1. The molecule has 0 aliphatic heterocycles. The molecule has 3 aromatic rings. The maximum atomic E-state index is 13.5. The lowest BCUT2D eigenvalue weighted by Crippen LogP contribution is -2.32. The van der Waals surface area contributed by atoms with Gasteiger partial charge in [0.05, 0.1) is 17.6 Å². The third-order valence-corrected chi connectivity index (χ3v) is 4.72. The van der Waals surface area contributed by atoms with E-state index in [1.54, 1.807) is 24.3 Å². The van der Waals surface area contributed by atoms with Gasteiger partial charge in [0.1, 0.15) is 5.82 Å². The van der Waals surface area contributed by atoms with E-state index < -0.39 is 17.3 Å². The summed E-state index contributed by atoms with van der Waals surface area (Å²) in [5, 5.41) is 5.96. The zero-order chi connectivity index (χ0) is 21.7. The van der Waals surface area contributed by atoms with Crippen LogP contribution >= 0.6 is 0 Å². The number of aromatic amines is 1. The Morgan fingerprint density at radius 1 is 1.00 bits per heavy atom. The molecule has 0 bridgehead atoms. The number of amides is 2. The van der Waals surface area contributed by atoms with Crippen LogP contribution in [0.3, 0.4) is 0 Å². The smallest absolute Gasteiger partial charge is 0.256 e. The summed E-state index contributed by atoms with van der Waals surface area (Å²) in [7, 11) is 0. The van der Waals surface area contributed by atoms with Crippen LogP contribution in [0.15, 0.2) is 53.3 Å². The Kier molecular flexibility index (Phi) is 6.58. The van der Waals surface area contributed by atoms with Crippen LogP contribution in [-0.2, 0) is 4.79 Å². The molecule has 1 heterocycles. The second kappa shape index (κ2) is 9.32. The van der Waals surface area contributed by atoms with Crippen LogP contribution in [0.25, 0.3) is 10.9 Å². The average molecular weight is 410 g/mol. The Bertz CT molecular complexity index is 1140. The van der Waals surface area contributed by atoms with Gasteiger partial charge in [0, 0.05) is 22.8 Å². The largest absolute Gasteiger partial charge is 0.325 e. The van der Waals surface area contributed by atoms with E-state index in [1.807, 2.05) is 18.7 Å². The first-order valence-corrected chi connectivity index (χ1v) is 9.65. The molecule has 3 rings (SSSR count). The van der Waals surface area contributed by atoms with Crippen molar-refractivity contribution in [2.24, 2.45) is 0 Å². The molecule has 0 aliphatic carbocycles. The van der Waals surface area contributed by atoms with Gasteiger partial charge in [-0.1, -0.05) is 19.9 Å². The molecule has 0 fully saturated rings. The highest BCUT2D eigenvalue weighted by Gasteiger charge is 2.14. The third kappa shape index (κ3) is 5.09. The first-order chi connectivity index (χ1) is 14.4. The van der Waals surface area contributed by atoms with Gasteiger partial charge in [-0.2, -0.15) is 0 Å². The van der Waals surface area contributed by atoms with Gasteiger partial charge in [-0.05, 0) is 49.5 Å². The minimum absolute atomic E-state index is 0.129. The molecule has 30 heavy (non-hydrogen) atoms. The van der Waals surface area contributed by atoms with E-state index in [0.29, 0.717) is 16.8 Å². The number of nitrogens with one attached hydrogen (secondary N) is 3. The highest BCUT2D eigenvalue weighted by molar-refractivity contribution is 6.12. The number of carbonyl (C=O) groups excluding carboxylic acids is 2. The number of carbonyl (C=O) groups is 2. The van der Waals surface area contributed by atoms with E-state index in [0.717, 1.165) is 13.1 Å². The average Bonchev–Trinajstić information content (AvgIpc) is 2.71. The van der Waals surface area contributed by atoms with Crippen LogP contribution in [0.5, 0.6) is 0 Å². The molecule has 0 saturated heterocycles. The Labute approximate surface area is 172 Å². The van der Waals surface area contributed by atoms with Crippen molar-refractivity contribution in [2.75, 3.05) is 30.3 Å². The monoisotopic (exact) mass is 410 g/mol. The molecular weight excluding hydrogens is 387 g/mol. The molecule has 2 aromatic carbocycles. The third-order valence-electron chi connectivity index (χ3n) is 4.72. The normalized spacial score (nSPS) is 10.9. The van der Waals surface area contributed by atoms with Crippen molar-refractivity contribution < 1.29 is 14.0 Å². The summed E-state index contributed by atoms with van der Waals surface area (Å²) in [6.07, 6.45) is 0. The summed E-state index contributed by atoms with van der Waals surface area (Å²) in [6, 6.07) is 11.7. The number of aromatic nitrogens is 1. The van der Waals surface area contributed by atoms with Gasteiger partial charge < -0.3 is 15.6 Å². The quantitative estimate of drug-likeness (QED) is 0.558. The maximum Gasteiger partial charge on any atom is 0.256 e. The lowest BCUT2D eigenvalue weighted by Gasteiger charge is -2.17. The first kappa shape index (κ1) is 21.2. The summed E-state index contributed by atoms with van der Waals surface area (Å²) >= 11 is 0. The molecule has 3 N–H and O–H groups in total. The number of hydrogen-bond donors (Lipinski definition) is 3. The molecule has 0 radical (unpaired) electrons. The summed E-state index contributed by atoms with van der Waals surface area (Å²) < 4.78 is 13.5. The molecule has 2 amide bonds. The van der Waals surface area contributed by atoms with Gasteiger partial charge in [0.2, 0.25) is 11.5 Å². The SMILES string of the molecule is CCN(CC)CC(=O)Nc1cccc(NC(=O)c2cc(=O)[nH]c3cc(F)ccc23)c1. The Hall–Kier alpha value is -3.52. The molecule has 0 spiro atoms. The number of pyridine rings is 1. The number of fused-ring (bicyclic) bond motifs is 1. The van der Waals surface area contributed by atoms with Gasteiger partial charge in [0.15, 0.2) is 0 Å². The second-order valence-electron chi connectivity index (χ2n) is 6.78. The number of hydrogen-bond acceptors (Lipinski definition) is 4. The lowest BCUT2D eigenvalue weighted by molar-refractivity contribution is -0.117. The van der Waals surface area contributed by atoms with Gasteiger partial charge in [0.25, 0.3) is 5.91 Å². The number of likely N-dealkylation sites (N-methyl/N-ethyl adjacent to an activating group) is 1. The van der Waals surface area contributed by atoms with E-state index in [2.05, 4.69) is 15.6 Å². The topological polar surface area (TPSA) is 94.3 Å². The molecule has 0 unspecified atom stereocenters. The van der Waals surface area contributed by atoms with Gasteiger partial charge in [-0.25, -0.2) is 4.39 Å². The van der Waals surface area contributed by atoms with E-state index in [4.69, 9.17) is 0 Å². The number of halogens is 1. The fourth-order valence-electron chi connectivity index (χ4n) is 3.14. The first-order valence-electron chi connectivity index (χ1n) is 9.65. The summed E-state index contributed by atoms with van der Waals surface area (Å²) in [5.41, 5.74) is 0.865. The van der Waals surface area contributed by atoms with Crippen LogP contribution in [0.2, 0.25) is 0 Å². The molecule has 7 nitrogen and oxygen atoms in total. The summed E-state index contributed by atoms with van der Waals surface area (Å²) in [6.45, 7) is 5.79. The Morgan fingerprint density at radius 3 is 2.40 bits per heavy atom. The number of benzene rings is 2. The molecule has 156 valence electrons. The van der Waals surface area contributed by atoms with E-state index in [1.165, 1.54) is 24.3 Å². The highest BCUT2D eigenvalue weighted by atomic mass is 19.1. The van der Waals surface area contributed by atoms with Gasteiger partial charge >= 0.3 is 0 Å². The zero-order valence-electron chi connectivity index (χ0n) is 16.8. The number of nitrogens with zero attached hydrogens (tertiary/aromatic N) is 1. The Morgan fingerprint density at radius 2 is 1.70 bits per heavy atom. The molecule has 0 saturated carbocycles. The van der Waals surface area contributed by atoms with E-state index in [9.17, 15) is 18.8 Å². The van der Waals surface area contributed by atoms with Crippen LogP contribution in [0.1, 0.15) is 24.2 Å².